The minimum absolute atomic E-state index is 0.0533. The molecule has 5 nitrogen and oxygen atoms in total. The number of carbonyl (C=O) groups excluding carboxylic acids is 1. The molecule has 5 heteroatoms. The van der Waals surface area contributed by atoms with E-state index in [1.54, 1.807) is 0 Å². The Hall–Kier alpha value is -1.62. The van der Waals surface area contributed by atoms with Gasteiger partial charge in [0.2, 0.25) is 0 Å². The van der Waals surface area contributed by atoms with E-state index in [0.29, 0.717) is 0 Å². The van der Waals surface area contributed by atoms with Crippen LogP contribution in [0.4, 0.5) is 4.79 Å². The van der Waals surface area contributed by atoms with Crippen molar-refractivity contribution < 1.29 is 4.79 Å². The molecule has 0 bridgehead atoms. The van der Waals surface area contributed by atoms with Gasteiger partial charge in [-0.1, -0.05) is 26.8 Å². The van der Waals surface area contributed by atoms with Gasteiger partial charge in [-0.3, -0.25) is 9.88 Å². The molecule has 2 amide bonds. The number of aromatic nitrogens is 1. The molecule has 0 unspecified atom stereocenters. The van der Waals surface area contributed by atoms with E-state index in [2.05, 4.69) is 55.9 Å². The molecule has 1 saturated heterocycles. The fourth-order valence-electron chi connectivity index (χ4n) is 2.62. The summed E-state index contributed by atoms with van der Waals surface area (Å²) in [6, 6.07) is 6.52. The minimum Gasteiger partial charge on any atom is -0.335 e. The zero-order valence-electron chi connectivity index (χ0n) is 15.0. The molecule has 1 aliphatic rings. The van der Waals surface area contributed by atoms with E-state index in [-0.39, 0.29) is 23.5 Å². The predicted molar refractivity (Wildman–Crippen MR) is 93.2 cm³/mol. The van der Waals surface area contributed by atoms with Crippen LogP contribution in [0.2, 0.25) is 0 Å². The standard InChI is InChI=1S/C18H30N4O/c1-14(16-8-6-7-9-19-16)21-10-12-22(13-11-21)17(23)20-15(2)18(3,4)5/h6-9,14-15H,10-13H2,1-5H3,(H,20,23)/t14-,15-/m0/s1. The maximum atomic E-state index is 12.4. The highest BCUT2D eigenvalue weighted by atomic mass is 16.2. The second-order valence-electron chi connectivity index (χ2n) is 7.49. The summed E-state index contributed by atoms with van der Waals surface area (Å²) in [7, 11) is 0. The fourth-order valence-corrected chi connectivity index (χ4v) is 2.62. The maximum absolute atomic E-state index is 12.4. The summed E-state index contributed by atoms with van der Waals surface area (Å²) in [5.41, 5.74) is 1.16. The third-order valence-electron chi connectivity index (χ3n) is 4.90. The van der Waals surface area contributed by atoms with Gasteiger partial charge in [-0.15, -0.1) is 0 Å². The Morgan fingerprint density at radius 3 is 2.35 bits per heavy atom. The van der Waals surface area contributed by atoms with Gasteiger partial charge in [-0.25, -0.2) is 4.79 Å². The van der Waals surface area contributed by atoms with Gasteiger partial charge < -0.3 is 10.2 Å². The van der Waals surface area contributed by atoms with E-state index in [0.717, 1.165) is 31.9 Å². The lowest BCUT2D eigenvalue weighted by atomic mass is 9.88. The number of carbonyl (C=O) groups is 1. The van der Waals surface area contributed by atoms with Gasteiger partial charge in [-0.05, 0) is 31.4 Å². The van der Waals surface area contributed by atoms with Gasteiger partial charge >= 0.3 is 6.03 Å². The SMILES string of the molecule is C[C@H](NC(=O)N1CCN([C@@H](C)c2ccccn2)CC1)C(C)(C)C. The topological polar surface area (TPSA) is 48.5 Å². The predicted octanol–water partition coefficient (Wildman–Crippen LogP) is 2.90. The summed E-state index contributed by atoms with van der Waals surface area (Å²) in [6.07, 6.45) is 1.84. The quantitative estimate of drug-likeness (QED) is 0.932. The monoisotopic (exact) mass is 318 g/mol. The third kappa shape index (κ3) is 4.67. The molecule has 0 aromatic carbocycles. The summed E-state index contributed by atoms with van der Waals surface area (Å²) in [4.78, 5) is 21.1. The van der Waals surface area contributed by atoms with E-state index >= 15 is 0 Å². The average Bonchev–Trinajstić information content (AvgIpc) is 2.54. The molecule has 2 rings (SSSR count). The summed E-state index contributed by atoms with van der Waals surface area (Å²) >= 11 is 0. The van der Waals surface area contributed by atoms with Crippen molar-refractivity contribution in [1.82, 2.24) is 20.1 Å². The molecule has 1 aromatic rings. The highest BCUT2D eigenvalue weighted by Gasteiger charge is 2.28. The van der Waals surface area contributed by atoms with Crippen molar-refractivity contribution in [2.45, 2.75) is 46.7 Å². The first-order chi connectivity index (χ1) is 10.8. The largest absolute Gasteiger partial charge is 0.335 e. The zero-order chi connectivity index (χ0) is 17.0. The van der Waals surface area contributed by atoms with Crippen LogP contribution in [0.1, 0.15) is 46.4 Å². The molecule has 0 radical (unpaired) electrons. The van der Waals surface area contributed by atoms with Crippen molar-refractivity contribution in [2.75, 3.05) is 26.2 Å². The molecule has 2 atom stereocenters. The zero-order valence-corrected chi connectivity index (χ0v) is 15.0. The van der Waals surface area contributed by atoms with Crippen LogP contribution in [0.15, 0.2) is 24.4 Å². The van der Waals surface area contributed by atoms with E-state index in [4.69, 9.17) is 0 Å². The Bertz CT molecular complexity index is 504. The molecule has 23 heavy (non-hydrogen) atoms. The summed E-state index contributed by atoms with van der Waals surface area (Å²) in [6.45, 7) is 14.0. The lowest BCUT2D eigenvalue weighted by Gasteiger charge is -2.39. The lowest BCUT2D eigenvalue weighted by molar-refractivity contribution is 0.108. The molecular weight excluding hydrogens is 288 g/mol. The average molecular weight is 318 g/mol. The second kappa shape index (κ2) is 7.30. The number of pyridine rings is 1. The first-order valence-corrected chi connectivity index (χ1v) is 8.49. The van der Waals surface area contributed by atoms with Crippen molar-refractivity contribution >= 4 is 6.03 Å². The van der Waals surface area contributed by atoms with Crippen molar-refractivity contribution in [1.29, 1.82) is 0 Å². The van der Waals surface area contributed by atoms with Crippen LogP contribution in [-0.4, -0.2) is 53.0 Å². The van der Waals surface area contributed by atoms with Crippen LogP contribution >= 0.6 is 0 Å². The fraction of sp³-hybridized carbons (Fsp3) is 0.667. The van der Waals surface area contributed by atoms with Crippen molar-refractivity contribution in [3.05, 3.63) is 30.1 Å². The maximum Gasteiger partial charge on any atom is 0.317 e. The number of urea groups is 1. The van der Waals surface area contributed by atoms with Crippen LogP contribution in [0.25, 0.3) is 0 Å². The number of piperazine rings is 1. The summed E-state index contributed by atoms with van der Waals surface area (Å²) in [5.74, 6) is 0. The Balaban J connectivity index is 1.85. The highest BCUT2D eigenvalue weighted by molar-refractivity contribution is 5.74. The lowest BCUT2D eigenvalue weighted by Crippen LogP contribution is -2.55. The van der Waals surface area contributed by atoms with Crippen LogP contribution in [0.5, 0.6) is 0 Å². The Kier molecular flexibility index (Phi) is 5.63. The first-order valence-electron chi connectivity index (χ1n) is 8.49. The van der Waals surface area contributed by atoms with Crippen molar-refractivity contribution in [3.8, 4) is 0 Å². The van der Waals surface area contributed by atoms with Gasteiger partial charge in [0.25, 0.3) is 0 Å². The van der Waals surface area contributed by atoms with Crippen LogP contribution in [0, 0.1) is 5.41 Å². The Morgan fingerprint density at radius 2 is 1.83 bits per heavy atom. The second-order valence-corrected chi connectivity index (χ2v) is 7.49. The van der Waals surface area contributed by atoms with Gasteiger partial charge in [0.15, 0.2) is 0 Å². The van der Waals surface area contributed by atoms with Crippen molar-refractivity contribution in [2.24, 2.45) is 5.41 Å². The number of rotatable bonds is 3. The van der Waals surface area contributed by atoms with Crippen LogP contribution in [0.3, 0.4) is 0 Å². The van der Waals surface area contributed by atoms with Gasteiger partial charge in [0.1, 0.15) is 0 Å². The van der Waals surface area contributed by atoms with Gasteiger partial charge in [0, 0.05) is 44.5 Å². The van der Waals surface area contributed by atoms with Crippen molar-refractivity contribution in [3.63, 3.8) is 0 Å². The molecule has 0 saturated carbocycles. The molecule has 1 fully saturated rings. The van der Waals surface area contributed by atoms with E-state index < -0.39 is 0 Å². The first kappa shape index (κ1) is 17.7. The molecule has 128 valence electrons. The minimum atomic E-state index is 0.0533. The highest BCUT2D eigenvalue weighted by Crippen LogP contribution is 2.21. The van der Waals surface area contributed by atoms with Gasteiger partial charge in [-0.2, -0.15) is 0 Å². The molecule has 1 aliphatic heterocycles. The number of hydrogen-bond acceptors (Lipinski definition) is 3. The number of amides is 2. The normalized spacial score (nSPS) is 19.3. The van der Waals surface area contributed by atoms with E-state index in [9.17, 15) is 4.79 Å². The van der Waals surface area contributed by atoms with E-state index in [1.807, 2.05) is 23.2 Å². The molecular formula is C18H30N4O. The smallest absolute Gasteiger partial charge is 0.317 e. The Labute approximate surface area is 140 Å². The molecule has 0 aliphatic carbocycles. The number of nitrogens with one attached hydrogen (secondary N) is 1. The Morgan fingerprint density at radius 1 is 1.17 bits per heavy atom. The summed E-state index contributed by atoms with van der Waals surface area (Å²) < 4.78 is 0. The third-order valence-corrected chi connectivity index (χ3v) is 4.90. The number of hydrogen-bond donors (Lipinski definition) is 1. The number of nitrogens with zero attached hydrogens (tertiary/aromatic N) is 3. The van der Waals surface area contributed by atoms with Crippen LogP contribution < -0.4 is 5.32 Å². The molecule has 1 N–H and O–H groups in total. The molecule has 0 spiro atoms. The summed E-state index contributed by atoms with van der Waals surface area (Å²) in [5, 5.41) is 3.12. The molecule has 1 aromatic heterocycles. The van der Waals surface area contributed by atoms with Gasteiger partial charge in [0.05, 0.1) is 5.69 Å². The van der Waals surface area contributed by atoms with Crippen LogP contribution in [-0.2, 0) is 0 Å². The molecule has 2 heterocycles. The van der Waals surface area contributed by atoms with E-state index in [1.165, 1.54) is 0 Å².